The van der Waals surface area contributed by atoms with Crippen LogP contribution in [0.15, 0.2) is 58.4 Å². The third kappa shape index (κ3) is 6.99. The molecule has 1 heterocycles. The summed E-state index contributed by atoms with van der Waals surface area (Å²) in [4.78, 5) is 25.6. The fraction of sp³-hybridized carbons (Fsp3) is 0.318. The Labute approximate surface area is 187 Å². The number of halogens is 5. The molecule has 176 valence electrons. The molecule has 1 amide bonds. The van der Waals surface area contributed by atoms with Crippen LogP contribution in [0.5, 0.6) is 0 Å². The minimum atomic E-state index is -4.77. The van der Waals surface area contributed by atoms with Crippen molar-refractivity contribution >= 4 is 19.3 Å². The van der Waals surface area contributed by atoms with Crippen LogP contribution in [0.1, 0.15) is 23.5 Å². The van der Waals surface area contributed by atoms with Crippen LogP contribution < -0.4 is 5.32 Å². The number of nitrogens with one attached hydrogen (secondary N) is 1. The molecule has 0 saturated heterocycles. The fourth-order valence-corrected chi connectivity index (χ4v) is 3.18. The van der Waals surface area contributed by atoms with Gasteiger partial charge < -0.3 is 5.32 Å². The van der Waals surface area contributed by atoms with Crippen LogP contribution in [0.3, 0.4) is 0 Å². The maximum absolute atomic E-state index is 15.3. The summed E-state index contributed by atoms with van der Waals surface area (Å²) in [7, 11) is 0. The SMILES string of the molecule is C=N/C=C(\C=NCC(c1cccc(C)c1-c1ncccn1)C(F)(F)CCNC=O)C(F)(F)F. The lowest BCUT2D eigenvalue weighted by Crippen LogP contribution is -2.33. The number of alkyl halides is 5. The van der Waals surface area contributed by atoms with E-state index in [1.807, 2.05) is 0 Å². The maximum Gasteiger partial charge on any atom is 0.419 e. The molecule has 11 heteroatoms. The number of aryl methyl sites for hydroxylation is 1. The average molecular weight is 467 g/mol. The lowest BCUT2D eigenvalue weighted by Gasteiger charge is -2.28. The summed E-state index contributed by atoms with van der Waals surface area (Å²) in [5, 5.41) is 2.18. The van der Waals surface area contributed by atoms with Crippen LogP contribution >= 0.6 is 0 Å². The molecule has 1 atom stereocenters. The molecule has 33 heavy (non-hydrogen) atoms. The van der Waals surface area contributed by atoms with Crippen LogP contribution in [0.25, 0.3) is 11.4 Å². The number of benzene rings is 1. The van der Waals surface area contributed by atoms with Crippen molar-refractivity contribution in [3.63, 3.8) is 0 Å². The van der Waals surface area contributed by atoms with E-state index in [4.69, 9.17) is 0 Å². The molecule has 0 aliphatic rings. The van der Waals surface area contributed by atoms with Gasteiger partial charge in [-0.3, -0.25) is 14.8 Å². The Morgan fingerprint density at radius 3 is 2.48 bits per heavy atom. The number of hydrogen-bond donors (Lipinski definition) is 1. The van der Waals surface area contributed by atoms with E-state index in [2.05, 4.69) is 32.0 Å². The predicted molar refractivity (Wildman–Crippen MR) is 116 cm³/mol. The monoisotopic (exact) mass is 467 g/mol. The van der Waals surface area contributed by atoms with Crippen LogP contribution in [-0.2, 0) is 4.79 Å². The third-order valence-electron chi connectivity index (χ3n) is 4.74. The number of allylic oxidation sites excluding steroid dienone is 1. The number of rotatable bonds is 11. The molecule has 0 radical (unpaired) electrons. The van der Waals surface area contributed by atoms with Crippen molar-refractivity contribution in [3.8, 4) is 11.4 Å². The summed E-state index contributed by atoms with van der Waals surface area (Å²) in [6.45, 7) is 3.69. The summed E-state index contributed by atoms with van der Waals surface area (Å²) < 4.78 is 69.8. The van der Waals surface area contributed by atoms with E-state index >= 15 is 8.78 Å². The van der Waals surface area contributed by atoms with E-state index in [0.717, 1.165) is 0 Å². The minimum Gasteiger partial charge on any atom is -0.358 e. The summed E-state index contributed by atoms with van der Waals surface area (Å²) in [6, 6.07) is 6.28. The quantitative estimate of drug-likeness (QED) is 0.228. The standard InChI is InChI=1S/C22H22F5N5O/c1-15-5-3-6-17(19(15)20-31-8-4-9-32-20)18(21(23,24)7-10-29-14-33)13-30-12-16(11-28-2)22(25,26)27/h3-6,8-9,11-12,14,18H,2,7,10,13H2,1H3,(H,29,33)/b16-11+,30-12?. The van der Waals surface area contributed by atoms with Crippen LogP contribution in [0, 0.1) is 6.92 Å². The lowest BCUT2D eigenvalue weighted by molar-refractivity contribution is -0.110. The van der Waals surface area contributed by atoms with Gasteiger partial charge in [-0.05, 0) is 30.8 Å². The highest BCUT2D eigenvalue weighted by Gasteiger charge is 2.41. The number of carbonyl (C=O) groups excluding carboxylic acids is 1. The number of carbonyl (C=O) groups is 1. The van der Waals surface area contributed by atoms with Crippen molar-refractivity contribution < 1.29 is 26.7 Å². The van der Waals surface area contributed by atoms with Gasteiger partial charge in [-0.15, -0.1) is 0 Å². The van der Waals surface area contributed by atoms with E-state index in [9.17, 15) is 18.0 Å². The van der Waals surface area contributed by atoms with E-state index in [0.29, 0.717) is 30.0 Å². The van der Waals surface area contributed by atoms with Crippen molar-refractivity contribution in [2.45, 2.75) is 31.4 Å². The number of hydrogen-bond acceptors (Lipinski definition) is 5. The Morgan fingerprint density at radius 1 is 1.18 bits per heavy atom. The maximum atomic E-state index is 15.3. The molecule has 0 aliphatic heterocycles. The van der Waals surface area contributed by atoms with Crippen LogP contribution in [0.4, 0.5) is 22.0 Å². The Morgan fingerprint density at radius 2 is 1.88 bits per heavy atom. The molecule has 0 aliphatic carbocycles. The highest BCUT2D eigenvalue weighted by atomic mass is 19.4. The lowest BCUT2D eigenvalue weighted by atomic mass is 9.85. The molecule has 2 aromatic rings. The first kappa shape index (κ1) is 25.8. The van der Waals surface area contributed by atoms with Gasteiger partial charge in [-0.25, -0.2) is 18.7 Å². The zero-order valence-electron chi connectivity index (χ0n) is 17.7. The second-order valence-electron chi connectivity index (χ2n) is 7.01. The fourth-order valence-electron chi connectivity index (χ4n) is 3.18. The number of nitrogens with zero attached hydrogens (tertiary/aromatic N) is 4. The predicted octanol–water partition coefficient (Wildman–Crippen LogP) is 4.52. The smallest absolute Gasteiger partial charge is 0.358 e. The zero-order chi connectivity index (χ0) is 24.5. The van der Waals surface area contributed by atoms with Gasteiger partial charge in [0.2, 0.25) is 6.41 Å². The van der Waals surface area contributed by atoms with Gasteiger partial charge in [-0.1, -0.05) is 18.2 Å². The average Bonchev–Trinajstić information content (AvgIpc) is 2.75. The second-order valence-corrected chi connectivity index (χ2v) is 7.01. The molecule has 1 aromatic carbocycles. The largest absolute Gasteiger partial charge is 0.419 e. The second kappa shape index (κ2) is 11.4. The molecule has 0 bridgehead atoms. The Balaban J connectivity index is 2.54. The van der Waals surface area contributed by atoms with E-state index in [1.165, 1.54) is 18.5 Å². The molecule has 0 fully saturated rings. The van der Waals surface area contributed by atoms with Gasteiger partial charge in [0.1, 0.15) is 0 Å². The number of amides is 1. The molecular weight excluding hydrogens is 445 g/mol. The minimum absolute atomic E-state index is 0.133. The first-order valence-electron chi connectivity index (χ1n) is 9.76. The summed E-state index contributed by atoms with van der Waals surface area (Å²) in [5.74, 6) is -4.84. The van der Waals surface area contributed by atoms with Gasteiger partial charge in [0.25, 0.3) is 5.92 Å². The van der Waals surface area contributed by atoms with Gasteiger partial charge >= 0.3 is 6.18 Å². The molecule has 1 unspecified atom stereocenters. The molecule has 0 spiro atoms. The van der Waals surface area contributed by atoms with Gasteiger partial charge in [0, 0.05) is 43.3 Å². The Hall–Kier alpha value is -3.50. The van der Waals surface area contributed by atoms with Crippen LogP contribution in [0.2, 0.25) is 0 Å². The normalized spacial score (nSPS) is 13.7. The van der Waals surface area contributed by atoms with Crippen molar-refractivity contribution in [1.29, 1.82) is 0 Å². The Kier molecular flexibility index (Phi) is 8.89. The molecule has 1 aromatic heterocycles. The molecule has 0 saturated carbocycles. The zero-order valence-corrected chi connectivity index (χ0v) is 17.7. The third-order valence-corrected chi connectivity index (χ3v) is 4.74. The van der Waals surface area contributed by atoms with E-state index < -0.39 is 36.6 Å². The van der Waals surface area contributed by atoms with Gasteiger partial charge in [0.15, 0.2) is 5.82 Å². The van der Waals surface area contributed by atoms with Crippen molar-refractivity contribution in [1.82, 2.24) is 15.3 Å². The highest BCUT2D eigenvalue weighted by molar-refractivity contribution is 5.80. The number of aliphatic imine (C=N–C) groups is 2. The summed E-state index contributed by atoms with van der Waals surface area (Å²) >= 11 is 0. The highest BCUT2D eigenvalue weighted by Crippen LogP contribution is 2.41. The van der Waals surface area contributed by atoms with Crippen molar-refractivity contribution in [3.05, 3.63) is 59.6 Å². The molecule has 1 N–H and O–H groups in total. The van der Waals surface area contributed by atoms with E-state index in [1.54, 1.807) is 25.1 Å². The van der Waals surface area contributed by atoms with Gasteiger partial charge in [0.05, 0.1) is 18.0 Å². The summed E-state index contributed by atoms with van der Waals surface area (Å²) in [5.41, 5.74) is -0.131. The van der Waals surface area contributed by atoms with Crippen molar-refractivity contribution in [2.24, 2.45) is 9.98 Å². The summed E-state index contributed by atoms with van der Waals surface area (Å²) in [6.07, 6.45) is -1.40. The molecule has 6 nitrogen and oxygen atoms in total. The number of aromatic nitrogens is 2. The topological polar surface area (TPSA) is 79.6 Å². The first-order valence-corrected chi connectivity index (χ1v) is 9.76. The molecular formula is C22H22F5N5O. The van der Waals surface area contributed by atoms with Gasteiger partial charge in [-0.2, -0.15) is 13.2 Å². The van der Waals surface area contributed by atoms with E-state index in [-0.39, 0.29) is 17.9 Å². The molecule has 2 rings (SSSR count). The van der Waals surface area contributed by atoms with Crippen LogP contribution in [-0.4, -0.2) is 54.5 Å². The van der Waals surface area contributed by atoms with Crippen molar-refractivity contribution in [2.75, 3.05) is 13.1 Å². The Bertz CT molecular complexity index is 1010. The first-order chi connectivity index (χ1) is 15.6.